The van der Waals surface area contributed by atoms with E-state index in [0.29, 0.717) is 6.54 Å². The number of pyridine rings is 1. The van der Waals surface area contributed by atoms with Crippen LogP contribution in [0.3, 0.4) is 0 Å². The number of rotatable bonds is 5. The quantitative estimate of drug-likeness (QED) is 0.584. The summed E-state index contributed by atoms with van der Waals surface area (Å²) in [6.07, 6.45) is 6.94. The first-order valence-electron chi connectivity index (χ1n) is 7.93. The van der Waals surface area contributed by atoms with Gasteiger partial charge < -0.3 is 15.0 Å². The first kappa shape index (κ1) is 15.1. The zero-order valence-corrected chi connectivity index (χ0v) is 13.7. The average Bonchev–Trinajstić information content (AvgIpc) is 3.11. The highest BCUT2D eigenvalue weighted by molar-refractivity contribution is 5.83. The number of H-pyrrole nitrogens is 1. The monoisotopic (exact) mass is 331 g/mol. The standard InChI is InChI=1S/C19H17N5O/c1-25-19-5-4-14(15-8-16-18(24-15)11-21-12-23-16)7-17(19)22-10-13-3-2-6-20-9-13/h2-9,11-12,22,24H,10H2,1H3. The summed E-state index contributed by atoms with van der Waals surface area (Å²) in [5.41, 5.74) is 5.88. The van der Waals surface area contributed by atoms with Gasteiger partial charge in [-0.25, -0.2) is 9.97 Å². The van der Waals surface area contributed by atoms with E-state index in [1.54, 1.807) is 25.8 Å². The molecule has 0 fully saturated rings. The Morgan fingerprint density at radius 2 is 2.08 bits per heavy atom. The Morgan fingerprint density at radius 1 is 1.12 bits per heavy atom. The van der Waals surface area contributed by atoms with Crippen LogP contribution in [0.5, 0.6) is 5.75 Å². The third-order valence-corrected chi connectivity index (χ3v) is 4.01. The molecule has 0 radical (unpaired) electrons. The fourth-order valence-electron chi connectivity index (χ4n) is 2.74. The number of fused-ring (bicyclic) bond motifs is 1. The van der Waals surface area contributed by atoms with Crippen molar-refractivity contribution in [3.63, 3.8) is 0 Å². The van der Waals surface area contributed by atoms with E-state index in [1.807, 2.05) is 36.5 Å². The van der Waals surface area contributed by atoms with E-state index >= 15 is 0 Å². The summed E-state index contributed by atoms with van der Waals surface area (Å²) in [6.45, 7) is 0.672. The summed E-state index contributed by atoms with van der Waals surface area (Å²) in [5.74, 6) is 0.795. The predicted molar refractivity (Wildman–Crippen MR) is 97.4 cm³/mol. The molecule has 0 unspecified atom stereocenters. The van der Waals surface area contributed by atoms with Crippen molar-refractivity contribution in [2.45, 2.75) is 6.54 Å². The van der Waals surface area contributed by atoms with Crippen LogP contribution in [0.4, 0.5) is 5.69 Å². The maximum absolute atomic E-state index is 5.47. The third kappa shape index (κ3) is 3.14. The lowest BCUT2D eigenvalue weighted by Crippen LogP contribution is -2.02. The molecule has 25 heavy (non-hydrogen) atoms. The Balaban J connectivity index is 1.65. The number of benzene rings is 1. The molecule has 0 saturated heterocycles. The van der Waals surface area contributed by atoms with Crippen molar-refractivity contribution in [3.8, 4) is 17.0 Å². The molecular weight excluding hydrogens is 314 g/mol. The first-order valence-corrected chi connectivity index (χ1v) is 7.93. The van der Waals surface area contributed by atoms with Gasteiger partial charge in [0.15, 0.2) is 0 Å². The minimum Gasteiger partial charge on any atom is -0.495 e. The minimum atomic E-state index is 0.672. The van der Waals surface area contributed by atoms with Gasteiger partial charge in [-0.3, -0.25) is 4.98 Å². The van der Waals surface area contributed by atoms with Crippen molar-refractivity contribution in [2.75, 3.05) is 12.4 Å². The Bertz CT molecular complexity index is 964. The number of nitrogens with one attached hydrogen (secondary N) is 2. The highest BCUT2D eigenvalue weighted by Gasteiger charge is 2.09. The SMILES string of the molecule is COc1ccc(-c2cc3ncncc3[nH]2)cc1NCc1cccnc1. The van der Waals surface area contributed by atoms with Crippen molar-refractivity contribution in [2.24, 2.45) is 0 Å². The molecule has 0 aliphatic heterocycles. The minimum absolute atomic E-state index is 0.672. The zero-order valence-electron chi connectivity index (χ0n) is 13.7. The highest BCUT2D eigenvalue weighted by Crippen LogP contribution is 2.31. The largest absolute Gasteiger partial charge is 0.495 e. The lowest BCUT2D eigenvalue weighted by Gasteiger charge is -2.12. The van der Waals surface area contributed by atoms with Crippen molar-refractivity contribution in [1.29, 1.82) is 0 Å². The van der Waals surface area contributed by atoms with Crippen LogP contribution < -0.4 is 10.1 Å². The maximum Gasteiger partial charge on any atom is 0.142 e. The molecule has 3 heterocycles. The molecule has 0 amide bonds. The second-order valence-corrected chi connectivity index (χ2v) is 5.63. The van der Waals surface area contributed by atoms with Gasteiger partial charge >= 0.3 is 0 Å². The van der Waals surface area contributed by atoms with Crippen LogP contribution in [-0.4, -0.2) is 27.0 Å². The van der Waals surface area contributed by atoms with Crippen molar-refractivity contribution in [1.82, 2.24) is 19.9 Å². The van der Waals surface area contributed by atoms with E-state index in [4.69, 9.17) is 4.74 Å². The van der Waals surface area contributed by atoms with Gasteiger partial charge in [0.1, 0.15) is 12.1 Å². The number of ether oxygens (including phenoxy) is 1. The van der Waals surface area contributed by atoms with Gasteiger partial charge in [0.25, 0.3) is 0 Å². The number of anilines is 1. The topological polar surface area (TPSA) is 75.7 Å². The number of nitrogens with zero attached hydrogens (tertiary/aromatic N) is 3. The Morgan fingerprint density at radius 3 is 2.88 bits per heavy atom. The van der Waals surface area contributed by atoms with E-state index < -0.39 is 0 Å². The van der Waals surface area contributed by atoms with E-state index in [1.165, 1.54) is 0 Å². The molecule has 4 aromatic rings. The number of hydrogen-bond acceptors (Lipinski definition) is 5. The summed E-state index contributed by atoms with van der Waals surface area (Å²) < 4.78 is 5.47. The molecule has 0 atom stereocenters. The van der Waals surface area contributed by atoms with Crippen LogP contribution in [0.25, 0.3) is 22.3 Å². The van der Waals surface area contributed by atoms with Crippen molar-refractivity contribution < 1.29 is 4.74 Å². The van der Waals surface area contributed by atoms with E-state index in [0.717, 1.165) is 39.3 Å². The molecule has 4 rings (SSSR count). The van der Waals surface area contributed by atoms with E-state index in [9.17, 15) is 0 Å². The average molecular weight is 331 g/mol. The number of aromatic nitrogens is 4. The van der Waals surface area contributed by atoms with Gasteiger partial charge in [-0.05, 0) is 35.9 Å². The molecule has 3 aromatic heterocycles. The molecule has 6 heteroatoms. The van der Waals surface area contributed by atoms with Crippen LogP contribution in [0.15, 0.2) is 61.3 Å². The van der Waals surface area contributed by atoms with Crippen LogP contribution in [0.1, 0.15) is 5.56 Å². The normalized spacial score (nSPS) is 10.8. The molecule has 0 aliphatic rings. The number of methoxy groups -OCH3 is 1. The zero-order chi connectivity index (χ0) is 17.1. The maximum atomic E-state index is 5.47. The molecule has 124 valence electrons. The Hall–Kier alpha value is -3.41. The van der Waals surface area contributed by atoms with Crippen molar-refractivity contribution >= 4 is 16.7 Å². The number of aromatic amines is 1. The van der Waals surface area contributed by atoms with Crippen LogP contribution >= 0.6 is 0 Å². The summed E-state index contributed by atoms with van der Waals surface area (Å²) in [4.78, 5) is 15.8. The molecule has 0 bridgehead atoms. The molecular formula is C19H17N5O. The van der Waals surface area contributed by atoms with E-state index in [2.05, 4.69) is 31.3 Å². The highest BCUT2D eigenvalue weighted by atomic mass is 16.5. The van der Waals surface area contributed by atoms with E-state index in [-0.39, 0.29) is 0 Å². The van der Waals surface area contributed by atoms with Crippen LogP contribution in [-0.2, 0) is 6.54 Å². The van der Waals surface area contributed by atoms with Gasteiger partial charge in [-0.1, -0.05) is 6.07 Å². The predicted octanol–water partition coefficient (Wildman–Crippen LogP) is 3.64. The fourth-order valence-corrected chi connectivity index (χ4v) is 2.74. The molecule has 6 nitrogen and oxygen atoms in total. The summed E-state index contributed by atoms with van der Waals surface area (Å²) in [5, 5.41) is 3.42. The molecule has 1 aromatic carbocycles. The first-order chi connectivity index (χ1) is 12.3. The van der Waals surface area contributed by atoms with Gasteiger partial charge in [-0.2, -0.15) is 0 Å². The Labute approximate surface area is 144 Å². The lowest BCUT2D eigenvalue weighted by molar-refractivity contribution is 0.416. The summed E-state index contributed by atoms with van der Waals surface area (Å²) in [7, 11) is 1.67. The second kappa shape index (κ2) is 6.60. The molecule has 2 N–H and O–H groups in total. The summed E-state index contributed by atoms with van der Waals surface area (Å²) in [6, 6.07) is 12.0. The number of hydrogen-bond donors (Lipinski definition) is 2. The summed E-state index contributed by atoms with van der Waals surface area (Å²) >= 11 is 0. The smallest absolute Gasteiger partial charge is 0.142 e. The second-order valence-electron chi connectivity index (χ2n) is 5.63. The van der Waals surface area contributed by atoms with Crippen LogP contribution in [0, 0.1) is 0 Å². The Kier molecular flexibility index (Phi) is 4.00. The molecule has 0 aliphatic carbocycles. The molecule has 0 spiro atoms. The van der Waals surface area contributed by atoms with Gasteiger partial charge in [-0.15, -0.1) is 0 Å². The van der Waals surface area contributed by atoms with Crippen molar-refractivity contribution in [3.05, 3.63) is 66.9 Å². The lowest BCUT2D eigenvalue weighted by atomic mass is 10.1. The van der Waals surface area contributed by atoms with Gasteiger partial charge in [0.05, 0.1) is 30.0 Å². The van der Waals surface area contributed by atoms with Gasteiger partial charge in [0, 0.05) is 30.2 Å². The fraction of sp³-hybridized carbons (Fsp3) is 0.105. The van der Waals surface area contributed by atoms with Gasteiger partial charge in [0.2, 0.25) is 0 Å². The molecule has 0 saturated carbocycles. The van der Waals surface area contributed by atoms with Crippen LogP contribution in [0.2, 0.25) is 0 Å². The third-order valence-electron chi connectivity index (χ3n) is 4.01.